The molecule has 0 aromatic carbocycles. The van der Waals surface area contributed by atoms with E-state index in [1.807, 2.05) is 0 Å². The summed E-state index contributed by atoms with van der Waals surface area (Å²) in [6.45, 7) is 8.76. The van der Waals surface area contributed by atoms with Crippen molar-refractivity contribution in [1.29, 1.82) is 0 Å². The molecule has 2 heterocycles. The van der Waals surface area contributed by atoms with E-state index in [2.05, 4.69) is 43.8 Å². The molecule has 17 heavy (non-hydrogen) atoms. The monoisotopic (exact) mass is 238 g/mol. The topological polar surface area (TPSA) is 15.7 Å². The van der Waals surface area contributed by atoms with Crippen LogP contribution in [0.25, 0.3) is 0 Å². The van der Waals surface area contributed by atoms with E-state index < -0.39 is 0 Å². The Kier molecular flexibility index (Phi) is 3.91. The minimum atomic E-state index is -0.0628. The summed E-state index contributed by atoms with van der Waals surface area (Å²) >= 11 is 0. The van der Waals surface area contributed by atoms with E-state index >= 15 is 0 Å². The number of rotatable bonds is 2. The van der Waals surface area contributed by atoms with Crippen molar-refractivity contribution >= 4 is 0 Å². The van der Waals surface area contributed by atoms with Crippen molar-refractivity contribution in [3.05, 3.63) is 11.6 Å². The number of hydrogen-bond donors (Lipinski definition) is 0. The summed E-state index contributed by atoms with van der Waals surface area (Å²) in [4.78, 5) is 4.94. The molecule has 2 aliphatic rings. The molecule has 0 N–H and O–H groups in total. The molecular weight excluding hydrogens is 212 g/mol. The molecule has 2 aliphatic heterocycles. The van der Waals surface area contributed by atoms with E-state index in [9.17, 15) is 0 Å². The Balaban J connectivity index is 1.98. The lowest BCUT2D eigenvalue weighted by molar-refractivity contribution is 0.00913. The molecule has 0 spiro atoms. The maximum atomic E-state index is 5.73. The van der Waals surface area contributed by atoms with Crippen LogP contribution in [0.4, 0.5) is 0 Å². The van der Waals surface area contributed by atoms with Crippen LogP contribution in [-0.4, -0.2) is 61.8 Å². The van der Waals surface area contributed by atoms with E-state index in [-0.39, 0.29) is 5.60 Å². The first-order valence-corrected chi connectivity index (χ1v) is 6.70. The molecular formula is C14H26N2O. The first-order chi connectivity index (χ1) is 7.96. The molecule has 0 saturated carbocycles. The molecule has 0 aromatic heterocycles. The fraction of sp³-hybridized carbons (Fsp3) is 0.857. The van der Waals surface area contributed by atoms with E-state index in [1.165, 1.54) is 26.1 Å². The minimum absolute atomic E-state index is 0.0628. The van der Waals surface area contributed by atoms with Gasteiger partial charge in [0, 0.05) is 25.7 Å². The Morgan fingerprint density at radius 2 is 2.12 bits per heavy atom. The van der Waals surface area contributed by atoms with Crippen molar-refractivity contribution < 1.29 is 4.74 Å². The summed E-state index contributed by atoms with van der Waals surface area (Å²) in [5.74, 6) is 0. The molecule has 0 bridgehead atoms. The Morgan fingerprint density at radius 3 is 2.82 bits per heavy atom. The van der Waals surface area contributed by atoms with E-state index in [1.54, 1.807) is 5.57 Å². The number of hydrogen-bond acceptors (Lipinski definition) is 3. The van der Waals surface area contributed by atoms with Gasteiger partial charge in [0.25, 0.3) is 0 Å². The predicted molar refractivity (Wildman–Crippen MR) is 71.3 cm³/mol. The normalized spacial score (nSPS) is 31.3. The number of piperazine rings is 1. The second-order valence-electron chi connectivity index (χ2n) is 6.11. The van der Waals surface area contributed by atoms with Gasteiger partial charge in [-0.15, -0.1) is 0 Å². The summed E-state index contributed by atoms with van der Waals surface area (Å²) < 4.78 is 5.73. The molecule has 1 atom stereocenters. The maximum absolute atomic E-state index is 5.73. The third-order valence-corrected chi connectivity index (χ3v) is 3.93. The summed E-state index contributed by atoms with van der Waals surface area (Å²) in [6, 6.07) is 0.675. The third-order valence-electron chi connectivity index (χ3n) is 3.93. The Labute approximate surface area is 105 Å². The van der Waals surface area contributed by atoms with Crippen molar-refractivity contribution in [2.45, 2.75) is 38.3 Å². The molecule has 1 fully saturated rings. The van der Waals surface area contributed by atoms with Gasteiger partial charge in [0.2, 0.25) is 0 Å². The molecule has 1 unspecified atom stereocenters. The van der Waals surface area contributed by atoms with Gasteiger partial charge in [-0.1, -0.05) is 11.6 Å². The Bertz CT molecular complexity index is 299. The zero-order valence-corrected chi connectivity index (χ0v) is 11.7. The van der Waals surface area contributed by atoms with Crippen molar-refractivity contribution in [2.24, 2.45) is 0 Å². The van der Waals surface area contributed by atoms with Crippen LogP contribution in [0, 0.1) is 0 Å². The van der Waals surface area contributed by atoms with Crippen LogP contribution in [0.3, 0.4) is 0 Å². The van der Waals surface area contributed by atoms with Crippen LogP contribution in [0.5, 0.6) is 0 Å². The lowest BCUT2D eigenvalue weighted by Crippen LogP contribution is -2.50. The van der Waals surface area contributed by atoms with Crippen LogP contribution in [0.15, 0.2) is 11.6 Å². The van der Waals surface area contributed by atoms with Crippen molar-refractivity contribution in [2.75, 3.05) is 40.3 Å². The number of nitrogens with zero attached hydrogens (tertiary/aromatic N) is 2. The highest BCUT2D eigenvalue weighted by atomic mass is 16.5. The predicted octanol–water partition coefficient (Wildman–Crippen LogP) is 1.75. The quantitative estimate of drug-likeness (QED) is 0.682. The lowest BCUT2D eigenvalue weighted by atomic mass is 9.94. The van der Waals surface area contributed by atoms with Gasteiger partial charge in [0.1, 0.15) is 0 Å². The summed E-state index contributed by atoms with van der Waals surface area (Å²) in [5.41, 5.74) is 1.51. The van der Waals surface area contributed by atoms with Gasteiger partial charge in [-0.25, -0.2) is 0 Å². The largest absolute Gasteiger partial charge is 0.371 e. The Morgan fingerprint density at radius 1 is 1.35 bits per heavy atom. The summed E-state index contributed by atoms with van der Waals surface area (Å²) in [5, 5.41) is 0. The molecule has 0 aliphatic carbocycles. The summed E-state index contributed by atoms with van der Waals surface area (Å²) in [7, 11) is 4.48. The van der Waals surface area contributed by atoms with Crippen molar-refractivity contribution in [3.8, 4) is 0 Å². The van der Waals surface area contributed by atoms with Crippen LogP contribution in [0.2, 0.25) is 0 Å². The third kappa shape index (κ3) is 3.54. The highest BCUT2D eigenvalue weighted by Crippen LogP contribution is 2.26. The van der Waals surface area contributed by atoms with Gasteiger partial charge >= 0.3 is 0 Å². The smallest absolute Gasteiger partial charge is 0.0809 e. The number of ether oxygens (including phenoxy) is 1. The minimum Gasteiger partial charge on any atom is -0.371 e. The van der Waals surface area contributed by atoms with E-state index in [4.69, 9.17) is 4.74 Å². The van der Waals surface area contributed by atoms with Crippen molar-refractivity contribution in [1.82, 2.24) is 9.80 Å². The van der Waals surface area contributed by atoms with E-state index in [0.717, 1.165) is 13.0 Å². The average molecular weight is 238 g/mol. The average Bonchev–Trinajstić information content (AvgIpc) is 2.22. The van der Waals surface area contributed by atoms with E-state index in [0.29, 0.717) is 6.04 Å². The lowest BCUT2D eigenvalue weighted by Gasteiger charge is -2.39. The van der Waals surface area contributed by atoms with Gasteiger partial charge in [-0.2, -0.15) is 0 Å². The molecule has 3 heteroatoms. The second-order valence-corrected chi connectivity index (χ2v) is 6.11. The molecule has 0 amide bonds. The fourth-order valence-corrected chi connectivity index (χ4v) is 2.84. The highest BCUT2D eigenvalue weighted by molar-refractivity contribution is 5.14. The van der Waals surface area contributed by atoms with Crippen LogP contribution < -0.4 is 0 Å². The molecule has 2 rings (SSSR count). The molecule has 0 radical (unpaired) electrons. The van der Waals surface area contributed by atoms with Gasteiger partial charge in [-0.05, 0) is 40.8 Å². The second kappa shape index (κ2) is 5.09. The van der Waals surface area contributed by atoms with Crippen LogP contribution in [-0.2, 0) is 4.74 Å². The zero-order valence-electron chi connectivity index (χ0n) is 11.7. The highest BCUT2D eigenvalue weighted by Gasteiger charge is 2.26. The van der Waals surface area contributed by atoms with Gasteiger partial charge < -0.3 is 14.5 Å². The van der Waals surface area contributed by atoms with Crippen LogP contribution >= 0.6 is 0 Å². The fourth-order valence-electron chi connectivity index (χ4n) is 2.84. The Hall–Kier alpha value is -0.380. The van der Waals surface area contributed by atoms with Crippen molar-refractivity contribution in [3.63, 3.8) is 0 Å². The van der Waals surface area contributed by atoms with Gasteiger partial charge in [0.05, 0.1) is 12.2 Å². The first kappa shape index (κ1) is 13.1. The first-order valence-electron chi connectivity index (χ1n) is 6.70. The number of likely N-dealkylation sites (N-methyl/N-ethyl adjacent to an activating group) is 2. The maximum Gasteiger partial charge on any atom is 0.0809 e. The molecule has 98 valence electrons. The zero-order chi connectivity index (χ0) is 12.5. The van der Waals surface area contributed by atoms with Gasteiger partial charge in [-0.3, -0.25) is 0 Å². The van der Waals surface area contributed by atoms with Crippen LogP contribution in [0.1, 0.15) is 26.7 Å². The van der Waals surface area contributed by atoms with Gasteiger partial charge in [0.15, 0.2) is 0 Å². The molecule has 0 aromatic rings. The SMILES string of the molecule is CN1CCN(C)C(CC2=CC(C)(C)OCC2)C1. The molecule has 3 nitrogen and oxygen atoms in total. The standard InChI is InChI=1S/C14H26N2O/c1-14(2)10-12(5-8-17-14)9-13-11-15(3)6-7-16(13)4/h10,13H,5-9,11H2,1-4H3. The summed E-state index contributed by atoms with van der Waals surface area (Å²) in [6.07, 6.45) is 4.64. The molecule has 1 saturated heterocycles.